The number of nitro groups is 1. The molecule has 0 saturated carbocycles. The SMILES string of the molecule is CCCSCCSSCCSCCCc1ccc(O)c([N+](=O)[O-])c1. The Balaban J connectivity index is 2.01. The molecule has 0 unspecified atom stereocenters. The van der Waals surface area contributed by atoms with Crippen molar-refractivity contribution in [2.45, 2.75) is 26.2 Å². The summed E-state index contributed by atoms with van der Waals surface area (Å²) in [5, 5.41) is 20.2. The molecule has 0 heterocycles. The van der Waals surface area contributed by atoms with E-state index in [-0.39, 0.29) is 11.4 Å². The second-order valence-corrected chi connectivity index (χ2v) is 10.2. The molecule has 0 amide bonds. The maximum absolute atomic E-state index is 10.8. The first kappa shape index (κ1) is 21.9. The Kier molecular flexibility index (Phi) is 12.8. The lowest BCUT2D eigenvalue weighted by molar-refractivity contribution is -0.385. The summed E-state index contributed by atoms with van der Waals surface area (Å²) < 4.78 is 0. The number of aryl methyl sites for hydroxylation is 1. The number of phenolic OH excluding ortho intramolecular Hbond substituents is 1. The van der Waals surface area contributed by atoms with E-state index in [9.17, 15) is 15.2 Å². The Hall–Kier alpha value is -0.180. The van der Waals surface area contributed by atoms with Crippen molar-refractivity contribution in [3.05, 3.63) is 33.9 Å². The Morgan fingerprint density at radius 2 is 1.71 bits per heavy atom. The summed E-state index contributed by atoms with van der Waals surface area (Å²) in [6, 6.07) is 4.65. The van der Waals surface area contributed by atoms with E-state index < -0.39 is 4.92 Å². The van der Waals surface area contributed by atoms with Gasteiger partial charge in [-0.05, 0) is 42.4 Å². The molecule has 4 nitrogen and oxygen atoms in total. The van der Waals surface area contributed by atoms with Gasteiger partial charge in [-0.1, -0.05) is 34.6 Å². The van der Waals surface area contributed by atoms with Gasteiger partial charge in [0.05, 0.1) is 4.92 Å². The van der Waals surface area contributed by atoms with Crippen LogP contribution in [0.15, 0.2) is 18.2 Å². The van der Waals surface area contributed by atoms with E-state index in [0.717, 1.165) is 29.9 Å². The first-order valence-electron chi connectivity index (χ1n) is 8.01. The van der Waals surface area contributed by atoms with Crippen molar-refractivity contribution in [2.24, 2.45) is 0 Å². The van der Waals surface area contributed by atoms with E-state index in [2.05, 4.69) is 6.92 Å². The number of benzene rings is 1. The summed E-state index contributed by atoms with van der Waals surface area (Å²) in [7, 11) is 3.92. The average Bonchev–Trinajstić information content (AvgIpc) is 2.57. The summed E-state index contributed by atoms with van der Waals surface area (Å²) in [5.74, 6) is 6.85. The molecule has 136 valence electrons. The normalized spacial score (nSPS) is 10.9. The molecule has 0 aliphatic heterocycles. The minimum Gasteiger partial charge on any atom is -0.502 e. The fourth-order valence-corrected chi connectivity index (χ4v) is 6.60. The molecular formula is C16H25NO3S4. The molecule has 1 aromatic rings. The predicted octanol–water partition coefficient (Wildman–Crippen LogP) is 5.49. The highest BCUT2D eigenvalue weighted by Gasteiger charge is 2.13. The number of phenols is 1. The number of aromatic hydroxyl groups is 1. The van der Waals surface area contributed by atoms with Crippen molar-refractivity contribution in [3.8, 4) is 5.75 Å². The molecule has 1 aromatic carbocycles. The summed E-state index contributed by atoms with van der Waals surface area (Å²) in [6.45, 7) is 2.22. The van der Waals surface area contributed by atoms with Gasteiger partial charge in [0.1, 0.15) is 0 Å². The zero-order valence-electron chi connectivity index (χ0n) is 13.9. The maximum Gasteiger partial charge on any atom is 0.310 e. The van der Waals surface area contributed by atoms with Crippen molar-refractivity contribution in [1.29, 1.82) is 0 Å². The number of thioether (sulfide) groups is 2. The van der Waals surface area contributed by atoms with Gasteiger partial charge in [0, 0.05) is 29.1 Å². The Morgan fingerprint density at radius 1 is 1.04 bits per heavy atom. The number of hydrogen-bond donors (Lipinski definition) is 1. The number of nitrogens with zero attached hydrogens (tertiary/aromatic N) is 1. The van der Waals surface area contributed by atoms with Crippen LogP contribution >= 0.6 is 45.1 Å². The standard InChI is InChI=1S/C16H25NO3S4/c1-2-7-21-9-11-23-24-12-10-22-8-3-4-14-5-6-16(18)15(13-14)17(19)20/h5-6,13,18H,2-4,7-12H2,1H3. The third-order valence-corrected chi connectivity index (χ3v) is 8.23. The third kappa shape index (κ3) is 9.96. The van der Waals surface area contributed by atoms with E-state index >= 15 is 0 Å². The minimum absolute atomic E-state index is 0.203. The Morgan fingerprint density at radius 3 is 2.33 bits per heavy atom. The van der Waals surface area contributed by atoms with Crippen molar-refractivity contribution < 1.29 is 10.0 Å². The predicted molar refractivity (Wildman–Crippen MR) is 113 cm³/mol. The summed E-state index contributed by atoms with van der Waals surface area (Å²) in [6.07, 6.45) is 3.07. The van der Waals surface area contributed by atoms with Crippen molar-refractivity contribution in [2.75, 3.05) is 34.5 Å². The molecule has 0 atom stereocenters. The van der Waals surface area contributed by atoms with E-state index in [1.54, 1.807) is 6.07 Å². The van der Waals surface area contributed by atoms with E-state index in [0.29, 0.717) is 0 Å². The molecular weight excluding hydrogens is 382 g/mol. The van der Waals surface area contributed by atoms with Gasteiger partial charge in [0.25, 0.3) is 0 Å². The van der Waals surface area contributed by atoms with Gasteiger partial charge >= 0.3 is 5.69 Å². The van der Waals surface area contributed by atoms with Gasteiger partial charge in [-0.15, -0.1) is 0 Å². The number of rotatable bonds is 14. The maximum atomic E-state index is 10.8. The molecule has 0 aliphatic carbocycles. The van der Waals surface area contributed by atoms with Crippen LogP contribution in [0.2, 0.25) is 0 Å². The van der Waals surface area contributed by atoms with Crippen LogP contribution in [0, 0.1) is 10.1 Å². The first-order chi connectivity index (χ1) is 11.6. The second kappa shape index (κ2) is 14.0. The molecule has 0 aromatic heterocycles. The summed E-state index contributed by atoms with van der Waals surface area (Å²) in [5.41, 5.74) is 0.709. The zero-order valence-corrected chi connectivity index (χ0v) is 17.2. The quantitative estimate of drug-likeness (QED) is 0.189. The zero-order chi connectivity index (χ0) is 17.6. The molecule has 8 heteroatoms. The van der Waals surface area contributed by atoms with E-state index in [1.165, 1.54) is 41.6 Å². The van der Waals surface area contributed by atoms with Gasteiger partial charge in [-0.25, -0.2) is 0 Å². The van der Waals surface area contributed by atoms with Gasteiger partial charge in [0.15, 0.2) is 5.75 Å². The lowest BCUT2D eigenvalue weighted by Crippen LogP contribution is -1.93. The molecule has 0 aliphatic rings. The van der Waals surface area contributed by atoms with Gasteiger partial charge in [-0.3, -0.25) is 10.1 Å². The molecule has 0 radical (unpaired) electrons. The lowest BCUT2D eigenvalue weighted by Gasteiger charge is -2.04. The van der Waals surface area contributed by atoms with Crippen LogP contribution in [0.3, 0.4) is 0 Å². The van der Waals surface area contributed by atoms with Crippen molar-refractivity contribution >= 4 is 50.8 Å². The minimum atomic E-state index is -0.538. The van der Waals surface area contributed by atoms with Crippen molar-refractivity contribution in [3.63, 3.8) is 0 Å². The fourth-order valence-electron chi connectivity index (χ4n) is 1.90. The van der Waals surface area contributed by atoms with Gasteiger partial charge in [-0.2, -0.15) is 23.5 Å². The highest BCUT2D eigenvalue weighted by Crippen LogP contribution is 2.27. The highest BCUT2D eigenvalue weighted by molar-refractivity contribution is 8.76. The van der Waals surface area contributed by atoms with Gasteiger partial charge in [0.2, 0.25) is 0 Å². The van der Waals surface area contributed by atoms with Crippen molar-refractivity contribution in [1.82, 2.24) is 0 Å². The van der Waals surface area contributed by atoms with Gasteiger partial charge < -0.3 is 5.11 Å². The Labute approximate surface area is 160 Å². The van der Waals surface area contributed by atoms with E-state index in [4.69, 9.17) is 0 Å². The second-order valence-electron chi connectivity index (χ2n) is 5.05. The molecule has 1 N–H and O–H groups in total. The fraction of sp³-hybridized carbons (Fsp3) is 0.625. The topological polar surface area (TPSA) is 63.4 Å². The molecule has 0 saturated heterocycles. The van der Waals surface area contributed by atoms with Crippen LogP contribution < -0.4 is 0 Å². The molecule has 24 heavy (non-hydrogen) atoms. The largest absolute Gasteiger partial charge is 0.502 e. The molecule has 1 rings (SSSR count). The van der Waals surface area contributed by atoms with Crippen LogP contribution in [-0.2, 0) is 6.42 Å². The Bertz CT molecular complexity index is 488. The third-order valence-electron chi connectivity index (χ3n) is 3.04. The molecule has 0 bridgehead atoms. The van der Waals surface area contributed by atoms with Crippen LogP contribution in [0.1, 0.15) is 25.3 Å². The molecule has 0 spiro atoms. The summed E-state index contributed by atoms with van der Waals surface area (Å²) in [4.78, 5) is 10.2. The smallest absolute Gasteiger partial charge is 0.310 e. The van der Waals surface area contributed by atoms with Crippen LogP contribution in [0.4, 0.5) is 5.69 Å². The average molecular weight is 408 g/mol. The summed E-state index contributed by atoms with van der Waals surface area (Å²) >= 11 is 3.97. The monoisotopic (exact) mass is 407 g/mol. The number of nitro benzene ring substituents is 1. The van der Waals surface area contributed by atoms with E-state index in [1.807, 2.05) is 45.1 Å². The number of hydrogen-bond acceptors (Lipinski definition) is 7. The lowest BCUT2D eigenvalue weighted by atomic mass is 10.1. The van der Waals surface area contributed by atoms with Crippen LogP contribution in [0.5, 0.6) is 5.75 Å². The highest BCUT2D eigenvalue weighted by atomic mass is 33.1. The van der Waals surface area contributed by atoms with Crippen LogP contribution in [-0.4, -0.2) is 44.5 Å². The molecule has 0 fully saturated rings. The first-order valence-corrected chi connectivity index (χ1v) is 12.8. The van der Waals surface area contributed by atoms with Crippen LogP contribution in [0.25, 0.3) is 0 Å².